The molecule has 1 N–H and O–H groups in total. The Balaban J connectivity index is 1.52. The number of hydrogen-bond donors (Lipinski definition) is 1. The number of aromatic nitrogens is 1. The van der Waals surface area contributed by atoms with Crippen molar-refractivity contribution in [2.75, 3.05) is 36.4 Å². The molecule has 0 unspecified atom stereocenters. The molecule has 2 amide bonds. The fraction of sp³-hybridized carbons (Fsp3) is 0.444. The van der Waals surface area contributed by atoms with Crippen LogP contribution in [0.15, 0.2) is 34.9 Å². The van der Waals surface area contributed by atoms with Gasteiger partial charge in [-0.1, -0.05) is 5.16 Å². The summed E-state index contributed by atoms with van der Waals surface area (Å²) in [4.78, 5) is 16.3. The molecule has 1 aromatic carbocycles. The molecule has 0 aliphatic carbocycles. The first-order valence-electron chi connectivity index (χ1n) is 8.52. The summed E-state index contributed by atoms with van der Waals surface area (Å²) in [5.41, 5.74) is 1.14. The number of nitrogens with one attached hydrogen (secondary N) is 1. The van der Waals surface area contributed by atoms with Crippen LogP contribution in [0.2, 0.25) is 0 Å². The standard InChI is InChI=1S/C18H24N4O3/c1-13(2)24-16-6-4-15(5-7-16)21-8-10-22(11-9-21)18(23)19-17-12-14(3)25-20-17/h4-7,12-13H,8-11H2,1-3H3,(H,19,20,23). The molecule has 1 aliphatic heterocycles. The number of aryl methyl sites for hydroxylation is 1. The molecule has 0 saturated carbocycles. The van der Waals surface area contributed by atoms with Crippen LogP contribution in [0.1, 0.15) is 19.6 Å². The molecule has 0 atom stereocenters. The van der Waals surface area contributed by atoms with Gasteiger partial charge >= 0.3 is 6.03 Å². The Morgan fingerprint density at radius 1 is 1.20 bits per heavy atom. The van der Waals surface area contributed by atoms with Crippen LogP contribution in [0.25, 0.3) is 0 Å². The van der Waals surface area contributed by atoms with Gasteiger partial charge in [0.2, 0.25) is 0 Å². The third-order valence-electron chi connectivity index (χ3n) is 4.00. The first-order valence-corrected chi connectivity index (χ1v) is 8.52. The quantitative estimate of drug-likeness (QED) is 0.923. The van der Waals surface area contributed by atoms with Gasteiger partial charge in [0, 0.05) is 37.9 Å². The van der Waals surface area contributed by atoms with E-state index in [1.54, 1.807) is 17.9 Å². The lowest BCUT2D eigenvalue weighted by Gasteiger charge is -2.36. The van der Waals surface area contributed by atoms with Gasteiger partial charge < -0.3 is 19.1 Å². The summed E-state index contributed by atoms with van der Waals surface area (Å²) >= 11 is 0. The second-order valence-corrected chi connectivity index (χ2v) is 6.39. The highest BCUT2D eigenvalue weighted by molar-refractivity contribution is 5.88. The minimum absolute atomic E-state index is 0.145. The van der Waals surface area contributed by atoms with Crippen molar-refractivity contribution in [2.24, 2.45) is 0 Å². The first-order chi connectivity index (χ1) is 12.0. The molecule has 1 aromatic heterocycles. The number of hydrogen-bond acceptors (Lipinski definition) is 5. The van der Waals surface area contributed by atoms with Gasteiger partial charge in [0.15, 0.2) is 5.82 Å². The number of benzene rings is 1. The number of piperazine rings is 1. The minimum Gasteiger partial charge on any atom is -0.491 e. The molecule has 2 heterocycles. The molecule has 7 nitrogen and oxygen atoms in total. The molecule has 1 fully saturated rings. The summed E-state index contributed by atoms with van der Waals surface area (Å²) < 4.78 is 10.6. The molecule has 3 rings (SSSR count). The van der Waals surface area contributed by atoms with Crippen molar-refractivity contribution in [1.29, 1.82) is 0 Å². The summed E-state index contributed by atoms with van der Waals surface area (Å²) in [6, 6.07) is 9.66. The number of carbonyl (C=O) groups excluding carboxylic acids is 1. The second-order valence-electron chi connectivity index (χ2n) is 6.39. The predicted molar refractivity (Wildman–Crippen MR) is 96.3 cm³/mol. The van der Waals surface area contributed by atoms with E-state index in [9.17, 15) is 4.79 Å². The fourth-order valence-corrected chi connectivity index (χ4v) is 2.79. The normalized spacial score (nSPS) is 14.7. The lowest BCUT2D eigenvalue weighted by atomic mass is 10.2. The lowest BCUT2D eigenvalue weighted by Crippen LogP contribution is -2.50. The van der Waals surface area contributed by atoms with E-state index < -0.39 is 0 Å². The highest BCUT2D eigenvalue weighted by Crippen LogP contribution is 2.21. The van der Waals surface area contributed by atoms with Crippen LogP contribution in [-0.4, -0.2) is 48.4 Å². The van der Waals surface area contributed by atoms with Crippen molar-refractivity contribution < 1.29 is 14.1 Å². The lowest BCUT2D eigenvalue weighted by molar-refractivity contribution is 0.208. The Hall–Kier alpha value is -2.70. The van der Waals surface area contributed by atoms with Crippen molar-refractivity contribution in [2.45, 2.75) is 26.9 Å². The molecule has 0 spiro atoms. The van der Waals surface area contributed by atoms with Crippen molar-refractivity contribution in [1.82, 2.24) is 10.1 Å². The van der Waals surface area contributed by atoms with E-state index in [1.807, 2.05) is 26.0 Å². The zero-order valence-corrected chi connectivity index (χ0v) is 14.9. The van der Waals surface area contributed by atoms with E-state index in [-0.39, 0.29) is 12.1 Å². The Morgan fingerprint density at radius 3 is 2.44 bits per heavy atom. The van der Waals surface area contributed by atoms with Crippen LogP contribution >= 0.6 is 0 Å². The van der Waals surface area contributed by atoms with Crippen molar-refractivity contribution >= 4 is 17.5 Å². The molecule has 0 radical (unpaired) electrons. The van der Waals surface area contributed by atoms with E-state index >= 15 is 0 Å². The Labute approximate surface area is 147 Å². The van der Waals surface area contributed by atoms with Gasteiger partial charge in [-0.3, -0.25) is 5.32 Å². The van der Waals surface area contributed by atoms with E-state index in [1.165, 1.54) is 0 Å². The average Bonchev–Trinajstić information content (AvgIpc) is 3.00. The van der Waals surface area contributed by atoms with Gasteiger partial charge in [0.05, 0.1) is 6.10 Å². The third-order valence-corrected chi connectivity index (χ3v) is 4.00. The highest BCUT2D eigenvalue weighted by atomic mass is 16.5. The van der Waals surface area contributed by atoms with Gasteiger partial charge in [-0.05, 0) is 45.0 Å². The number of amides is 2. The van der Waals surface area contributed by atoms with E-state index in [0.717, 1.165) is 24.5 Å². The molecule has 2 aromatic rings. The average molecular weight is 344 g/mol. The zero-order valence-electron chi connectivity index (χ0n) is 14.9. The molecule has 134 valence electrons. The van der Waals surface area contributed by atoms with Gasteiger partial charge in [-0.15, -0.1) is 0 Å². The summed E-state index contributed by atoms with van der Waals surface area (Å²) in [6.07, 6.45) is 0.168. The number of urea groups is 1. The van der Waals surface area contributed by atoms with Gasteiger partial charge in [0.25, 0.3) is 0 Å². The van der Waals surface area contributed by atoms with Crippen LogP contribution in [0.3, 0.4) is 0 Å². The van der Waals surface area contributed by atoms with Gasteiger partial charge in [-0.2, -0.15) is 0 Å². The number of carbonyl (C=O) groups is 1. The number of nitrogens with zero attached hydrogens (tertiary/aromatic N) is 3. The van der Waals surface area contributed by atoms with Crippen molar-refractivity contribution in [3.63, 3.8) is 0 Å². The third kappa shape index (κ3) is 4.43. The maximum absolute atomic E-state index is 12.3. The van der Waals surface area contributed by atoms with Crippen molar-refractivity contribution in [3.8, 4) is 5.75 Å². The monoisotopic (exact) mass is 344 g/mol. The van der Waals surface area contributed by atoms with E-state index in [4.69, 9.17) is 9.26 Å². The number of rotatable bonds is 4. The maximum atomic E-state index is 12.3. The van der Waals surface area contributed by atoms with E-state index in [0.29, 0.717) is 24.7 Å². The van der Waals surface area contributed by atoms with Crippen LogP contribution in [0, 0.1) is 6.92 Å². The Bertz CT molecular complexity index is 703. The largest absolute Gasteiger partial charge is 0.491 e. The maximum Gasteiger partial charge on any atom is 0.323 e. The molecule has 25 heavy (non-hydrogen) atoms. The van der Waals surface area contributed by atoms with Crippen LogP contribution in [0.5, 0.6) is 5.75 Å². The molecule has 1 aliphatic rings. The van der Waals surface area contributed by atoms with Crippen LogP contribution < -0.4 is 15.0 Å². The molecular formula is C18H24N4O3. The first kappa shape index (κ1) is 17.1. The number of ether oxygens (including phenoxy) is 1. The summed E-state index contributed by atoms with van der Waals surface area (Å²) in [5, 5.41) is 6.55. The van der Waals surface area contributed by atoms with Gasteiger partial charge in [-0.25, -0.2) is 4.79 Å². The van der Waals surface area contributed by atoms with Crippen molar-refractivity contribution in [3.05, 3.63) is 36.1 Å². The minimum atomic E-state index is -0.145. The fourth-order valence-electron chi connectivity index (χ4n) is 2.79. The van der Waals surface area contributed by atoms with Crippen LogP contribution in [0.4, 0.5) is 16.3 Å². The van der Waals surface area contributed by atoms with E-state index in [2.05, 4.69) is 27.5 Å². The predicted octanol–water partition coefficient (Wildman–Crippen LogP) is 3.12. The Kier molecular flexibility index (Phi) is 5.11. The topological polar surface area (TPSA) is 70.8 Å². The summed E-state index contributed by atoms with van der Waals surface area (Å²) in [5.74, 6) is 2.00. The summed E-state index contributed by atoms with van der Waals surface area (Å²) in [7, 11) is 0. The SMILES string of the molecule is Cc1cc(NC(=O)N2CCN(c3ccc(OC(C)C)cc3)CC2)no1. The number of anilines is 2. The second kappa shape index (κ2) is 7.46. The molecule has 0 bridgehead atoms. The smallest absolute Gasteiger partial charge is 0.323 e. The van der Waals surface area contributed by atoms with Crippen LogP contribution in [-0.2, 0) is 0 Å². The van der Waals surface area contributed by atoms with Gasteiger partial charge in [0.1, 0.15) is 11.5 Å². The molecule has 7 heteroatoms. The molecular weight excluding hydrogens is 320 g/mol. The Morgan fingerprint density at radius 2 is 1.88 bits per heavy atom. The molecule has 1 saturated heterocycles. The summed E-state index contributed by atoms with van der Waals surface area (Å²) in [6.45, 7) is 8.71. The highest BCUT2D eigenvalue weighted by Gasteiger charge is 2.22. The zero-order chi connectivity index (χ0) is 17.8.